The molecule has 5 nitrogen and oxygen atoms in total. The van der Waals surface area contributed by atoms with Crippen LogP contribution in [-0.2, 0) is 6.54 Å². The Hall–Kier alpha value is -1.17. The van der Waals surface area contributed by atoms with E-state index < -0.39 is 4.92 Å². The second-order valence-electron chi connectivity index (χ2n) is 5.20. The number of nitro benzene ring substituents is 1. The number of non-ortho nitro benzene ring substituents is 1. The summed E-state index contributed by atoms with van der Waals surface area (Å²) in [5.74, 6) is 0.545. The average Bonchev–Trinajstić information content (AvgIpc) is 2.36. The lowest BCUT2D eigenvalue weighted by Gasteiger charge is -2.35. The predicted octanol–water partition coefficient (Wildman–Crippen LogP) is 2.42. The van der Waals surface area contributed by atoms with Crippen LogP contribution in [0.4, 0.5) is 5.69 Å². The van der Waals surface area contributed by atoms with Crippen LogP contribution in [0.3, 0.4) is 0 Å². The fraction of sp³-hybridized carbons (Fsp3) is 0.538. The molecule has 104 valence electrons. The molecule has 1 aromatic carbocycles. The standard InChI is InChI=1S/C13H18ClN3O2/c1-9-4-5-16(8-13(9)15)7-10-2-3-11(17(18)19)6-12(10)14/h2-3,6,9,13H,4-5,7-8,15H2,1H3. The number of nitro groups is 1. The minimum Gasteiger partial charge on any atom is -0.326 e. The van der Waals surface area contributed by atoms with E-state index in [-0.39, 0.29) is 11.7 Å². The SMILES string of the molecule is CC1CCN(Cc2ccc([N+](=O)[O-])cc2Cl)CC1N. The summed E-state index contributed by atoms with van der Waals surface area (Å²) in [5, 5.41) is 11.1. The Morgan fingerprint density at radius 3 is 2.89 bits per heavy atom. The van der Waals surface area contributed by atoms with Gasteiger partial charge in [0, 0.05) is 31.3 Å². The largest absolute Gasteiger partial charge is 0.326 e. The van der Waals surface area contributed by atoms with E-state index in [4.69, 9.17) is 17.3 Å². The summed E-state index contributed by atoms with van der Waals surface area (Å²) in [5.41, 5.74) is 7.00. The second kappa shape index (κ2) is 5.86. The first-order valence-corrected chi connectivity index (χ1v) is 6.76. The van der Waals surface area contributed by atoms with Crippen LogP contribution in [0.1, 0.15) is 18.9 Å². The van der Waals surface area contributed by atoms with Gasteiger partial charge in [-0.15, -0.1) is 0 Å². The van der Waals surface area contributed by atoms with Crippen molar-refractivity contribution in [3.63, 3.8) is 0 Å². The van der Waals surface area contributed by atoms with E-state index in [1.165, 1.54) is 12.1 Å². The van der Waals surface area contributed by atoms with Crippen molar-refractivity contribution in [3.8, 4) is 0 Å². The quantitative estimate of drug-likeness (QED) is 0.683. The average molecular weight is 284 g/mol. The van der Waals surface area contributed by atoms with Gasteiger partial charge in [0.25, 0.3) is 5.69 Å². The van der Waals surface area contributed by atoms with Crippen molar-refractivity contribution in [2.24, 2.45) is 11.7 Å². The molecule has 1 fully saturated rings. The maximum atomic E-state index is 10.7. The lowest BCUT2D eigenvalue weighted by molar-refractivity contribution is -0.384. The molecule has 0 aliphatic carbocycles. The molecule has 1 aliphatic heterocycles. The Bertz CT molecular complexity index is 481. The summed E-state index contributed by atoms with van der Waals surface area (Å²) >= 11 is 6.10. The Kier molecular flexibility index (Phi) is 4.39. The number of halogens is 1. The third kappa shape index (κ3) is 3.43. The lowest BCUT2D eigenvalue weighted by Crippen LogP contribution is -2.47. The van der Waals surface area contributed by atoms with Crippen LogP contribution in [0.5, 0.6) is 0 Å². The van der Waals surface area contributed by atoms with Gasteiger partial charge in [-0.25, -0.2) is 0 Å². The minimum atomic E-state index is -0.436. The van der Waals surface area contributed by atoms with Crippen molar-refractivity contribution >= 4 is 17.3 Å². The van der Waals surface area contributed by atoms with E-state index in [1.807, 2.05) is 0 Å². The molecule has 2 rings (SSSR count). The van der Waals surface area contributed by atoms with E-state index >= 15 is 0 Å². The highest BCUT2D eigenvalue weighted by Gasteiger charge is 2.23. The van der Waals surface area contributed by atoms with Gasteiger partial charge in [-0.3, -0.25) is 15.0 Å². The van der Waals surface area contributed by atoms with E-state index in [0.717, 1.165) is 25.1 Å². The van der Waals surface area contributed by atoms with E-state index in [0.29, 0.717) is 17.5 Å². The van der Waals surface area contributed by atoms with Crippen LogP contribution in [-0.4, -0.2) is 29.0 Å². The third-order valence-electron chi connectivity index (χ3n) is 3.74. The van der Waals surface area contributed by atoms with Crippen LogP contribution >= 0.6 is 11.6 Å². The van der Waals surface area contributed by atoms with Crippen molar-refractivity contribution in [1.29, 1.82) is 0 Å². The summed E-state index contributed by atoms with van der Waals surface area (Å²) in [6.45, 7) is 4.69. The molecule has 0 saturated carbocycles. The van der Waals surface area contributed by atoms with Crippen LogP contribution in [0.15, 0.2) is 18.2 Å². The Balaban J connectivity index is 2.05. The first kappa shape index (κ1) is 14.2. The van der Waals surface area contributed by atoms with Gasteiger partial charge < -0.3 is 5.73 Å². The van der Waals surface area contributed by atoms with E-state index in [2.05, 4.69) is 11.8 Å². The molecular formula is C13H18ClN3O2. The zero-order chi connectivity index (χ0) is 14.0. The number of nitrogens with zero attached hydrogens (tertiary/aromatic N) is 2. The highest BCUT2D eigenvalue weighted by molar-refractivity contribution is 6.31. The van der Waals surface area contributed by atoms with Gasteiger partial charge in [0.2, 0.25) is 0 Å². The summed E-state index contributed by atoms with van der Waals surface area (Å²) in [4.78, 5) is 12.5. The van der Waals surface area contributed by atoms with Crippen molar-refractivity contribution in [2.75, 3.05) is 13.1 Å². The molecule has 2 unspecified atom stereocenters. The molecule has 19 heavy (non-hydrogen) atoms. The molecule has 6 heteroatoms. The predicted molar refractivity (Wildman–Crippen MR) is 75.1 cm³/mol. The molecule has 1 aromatic rings. The topological polar surface area (TPSA) is 72.4 Å². The summed E-state index contributed by atoms with van der Waals surface area (Å²) in [6.07, 6.45) is 1.08. The highest BCUT2D eigenvalue weighted by Crippen LogP contribution is 2.25. The maximum absolute atomic E-state index is 10.7. The molecule has 0 aromatic heterocycles. The molecule has 1 saturated heterocycles. The smallest absolute Gasteiger partial charge is 0.270 e. The normalized spacial score (nSPS) is 24.4. The molecule has 0 amide bonds. The number of benzene rings is 1. The van der Waals surface area contributed by atoms with Gasteiger partial charge in [0.05, 0.1) is 9.95 Å². The number of likely N-dealkylation sites (tertiary alicyclic amines) is 1. The number of piperidine rings is 1. The lowest BCUT2D eigenvalue weighted by atomic mass is 9.94. The highest BCUT2D eigenvalue weighted by atomic mass is 35.5. The van der Waals surface area contributed by atoms with Crippen LogP contribution in [0.2, 0.25) is 5.02 Å². The van der Waals surface area contributed by atoms with E-state index in [9.17, 15) is 10.1 Å². The van der Waals surface area contributed by atoms with Crippen molar-refractivity contribution in [2.45, 2.75) is 25.9 Å². The third-order valence-corrected chi connectivity index (χ3v) is 4.09. The van der Waals surface area contributed by atoms with Crippen LogP contribution in [0, 0.1) is 16.0 Å². The van der Waals surface area contributed by atoms with Crippen molar-refractivity contribution < 1.29 is 4.92 Å². The zero-order valence-electron chi connectivity index (χ0n) is 10.9. The number of rotatable bonds is 3. The number of hydrogen-bond donors (Lipinski definition) is 1. The van der Waals surface area contributed by atoms with Crippen LogP contribution in [0.25, 0.3) is 0 Å². The molecule has 2 N–H and O–H groups in total. The van der Waals surface area contributed by atoms with Gasteiger partial charge in [-0.2, -0.15) is 0 Å². The van der Waals surface area contributed by atoms with Gasteiger partial charge in [0.1, 0.15) is 0 Å². The van der Waals surface area contributed by atoms with Gasteiger partial charge in [-0.05, 0) is 30.5 Å². The van der Waals surface area contributed by atoms with E-state index in [1.54, 1.807) is 6.07 Å². The monoisotopic (exact) mass is 283 g/mol. The molecule has 0 spiro atoms. The summed E-state index contributed by atoms with van der Waals surface area (Å²) in [6, 6.07) is 4.81. The van der Waals surface area contributed by atoms with Gasteiger partial charge >= 0.3 is 0 Å². The minimum absolute atomic E-state index is 0.0257. The Morgan fingerprint density at radius 1 is 1.58 bits per heavy atom. The van der Waals surface area contributed by atoms with Crippen LogP contribution < -0.4 is 5.73 Å². The molecular weight excluding hydrogens is 266 g/mol. The van der Waals surface area contributed by atoms with Crippen molar-refractivity contribution in [3.05, 3.63) is 38.9 Å². The summed E-state index contributed by atoms with van der Waals surface area (Å²) < 4.78 is 0. The molecule has 1 heterocycles. The summed E-state index contributed by atoms with van der Waals surface area (Å²) in [7, 11) is 0. The van der Waals surface area contributed by atoms with Crippen molar-refractivity contribution in [1.82, 2.24) is 4.90 Å². The fourth-order valence-electron chi connectivity index (χ4n) is 2.33. The molecule has 0 bridgehead atoms. The maximum Gasteiger partial charge on any atom is 0.270 e. The van der Waals surface area contributed by atoms with Gasteiger partial charge in [0.15, 0.2) is 0 Å². The zero-order valence-corrected chi connectivity index (χ0v) is 11.6. The molecule has 1 aliphatic rings. The molecule has 2 atom stereocenters. The number of hydrogen-bond acceptors (Lipinski definition) is 4. The first-order valence-electron chi connectivity index (χ1n) is 6.38. The Morgan fingerprint density at radius 2 is 2.32 bits per heavy atom. The van der Waals surface area contributed by atoms with Gasteiger partial charge in [-0.1, -0.05) is 18.5 Å². The second-order valence-corrected chi connectivity index (χ2v) is 5.60. The number of nitrogens with two attached hydrogens (primary N) is 1. The fourth-order valence-corrected chi connectivity index (χ4v) is 2.57. The molecule has 0 radical (unpaired) electrons. The Labute approximate surface area is 117 Å². The first-order chi connectivity index (χ1) is 8.97.